The molecule has 3 aromatic rings. The molecule has 3 aromatic heterocycles. The van der Waals surface area contributed by atoms with E-state index in [-0.39, 0.29) is 24.8 Å². The fourth-order valence-corrected chi connectivity index (χ4v) is 6.49. The summed E-state index contributed by atoms with van der Waals surface area (Å²) in [5.41, 5.74) is 10.3. The summed E-state index contributed by atoms with van der Waals surface area (Å²) in [6.07, 6.45) is -0.807. The van der Waals surface area contributed by atoms with Crippen molar-refractivity contribution in [3.05, 3.63) is 35.4 Å². The number of anilines is 2. The normalized spacial score (nSPS) is 30.6. The molecular formula is C21H30N8O10P2S. The van der Waals surface area contributed by atoms with Gasteiger partial charge in [-0.2, -0.15) is 4.98 Å². The first-order valence-corrected chi connectivity index (χ1v) is 15.5. The number of nitrogens with zero attached hydrogens (tertiary/aromatic N) is 6. The van der Waals surface area contributed by atoms with E-state index in [1.807, 2.05) is 0 Å². The number of hydrogen-bond acceptors (Lipinski definition) is 17. The minimum absolute atomic E-state index is 0.0145. The highest BCUT2D eigenvalue weighted by molar-refractivity contribution is 8.41. The van der Waals surface area contributed by atoms with Crippen molar-refractivity contribution in [2.24, 2.45) is 0 Å². The lowest BCUT2D eigenvalue weighted by Crippen LogP contribution is -2.49. The summed E-state index contributed by atoms with van der Waals surface area (Å²) in [7, 11) is 0.177. The Morgan fingerprint density at radius 1 is 1.26 bits per heavy atom. The maximum absolute atomic E-state index is 12.4. The van der Waals surface area contributed by atoms with Gasteiger partial charge in [-0.25, -0.2) is 19.7 Å². The number of aromatic nitrogens is 6. The highest BCUT2D eigenvalue weighted by Gasteiger charge is 2.55. The number of thiol groups is 1. The van der Waals surface area contributed by atoms with Crippen molar-refractivity contribution in [3.63, 3.8) is 0 Å². The number of methoxy groups -OCH3 is 2. The molecule has 230 valence electrons. The molecule has 6 N–H and O–H groups in total. The third-order valence-corrected chi connectivity index (χ3v) is 8.32. The van der Waals surface area contributed by atoms with Crippen LogP contribution in [0.1, 0.15) is 6.23 Å². The first-order valence-electron chi connectivity index (χ1n) is 12.4. The maximum Gasteiger partial charge on any atom is 0.351 e. The Labute approximate surface area is 246 Å². The second-order valence-corrected chi connectivity index (χ2v) is 11.6. The Hall–Kier alpha value is -2.12. The quantitative estimate of drug-likeness (QED) is 0.0927. The van der Waals surface area contributed by atoms with E-state index in [1.54, 1.807) is 4.57 Å². The van der Waals surface area contributed by atoms with Crippen LogP contribution in [0.15, 0.2) is 29.7 Å². The van der Waals surface area contributed by atoms with Crippen LogP contribution in [0.4, 0.5) is 11.6 Å². The van der Waals surface area contributed by atoms with Crippen LogP contribution in [-0.2, 0) is 38.2 Å². The van der Waals surface area contributed by atoms with Crippen molar-refractivity contribution in [1.82, 2.24) is 29.1 Å². The lowest BCUT2D eigenvalue weighted by molar-refractivity contribution is -0.126. The van der Waals surface area contributed by atoms with E-state index in [1.165, 1.54) is 43.7 Å². The van der Waals surface area contributed by atoms with E-state index >= 15 is 0 Å². The van der Waals surface area contributed by atoms with E-state index in [4.69, 9.17) is 44.0 Å². The summed E-state index contributed by atoms with van der Waals surface area (Å²) < 4.78 is 43.7. The summed E-state index contributed by atoms with van der Waals surface area (Å²) in [6.45, 7) is -0.469. The first-order chi connectivity index (χ1) is 20.2. The predicted molar refractivity (Wildman–Crippen MR) is 151 cm³/mol. The van der Waals surface area contributed by atoms with Crippen molar-refractivity contribution in [3.8, 4) is 0 Å². The van der Waals surface area contributed by atoms with Gasteiger partial charge in [0, 0.05) is 20.4 Å². The van der Waals surface area contributed by atoms with Crippen LogP contribution < -0.4 is 17.2 Å². The molecule has 21 heteroatoms. The smallest absolute Gasteiger partial charge is 0.351 e. The number of imidazole rings is 1. The average Bonchev–Trinajstić information content (AvgIpc) is 3.65. The Morgan fingerprint density at radius 2 is 2.07 bits per heavy atom. The molecule has 42 heavy (non-hydrogen) atoms. The molecule has 0 bridgehead atoms. The van der Waals surface area contributed by atoms with E-state index in [2.05, 4.69) is 32.2 Å². The van der Waals surface area contributed by atoms with Crippen molar-refractivity contribution < 1.29 is 42.5 Å². The standard InChI is InChI=1S/C21H30N8O10P2S/c1-33-15-14(10(5-30)37-19(15)28-4-3-12(22)27-20(28)31)38-40-36-6-11-16(39-41(32)42)21(34-2,7-35-11)29-9-26-13-17(23)24-8-25-18(13)29/h3-4,8-11,14-16,19,30,32,40,42H,5-7H2,1-2H3,(H2,22,27,31)(H2,23,24,25). The highest BCUT2D eigenvalue weighted by atomic mass is 32.7. The molecular weight excluding hydrogens is 618 g/mol. The average molecular weight is 649 g/mol. The van der Waals surface area contributed by atoms with Gasteiger partial charge >= 0.3 is 5.69 Å². The molecule has 0 aliphatic carbocycles. The Morgan fingerprint density at radius 3 is 2.76 bits per heavy atom. The molecule has 2 saturated heterocycles. The number of fused-ring (bicyclic) bond motifs is 1. The molecule has 5 rings (SSSR count). The number of aliphatic hydroxyl groups excluding tert-OH is 1. The van der Waals surface area contributed by atoms with Gasteiger partial charge in [-0.05, 0) is 6.07 Å². The van der Waals surface area contributed by atoms with Gasteiger partial charge in [0.1, 0.15) is 48.2 Å². The minimum Gasteiger partial charge on any atom is -0.394 e. The van der Waals surface area contributed by atoms with E-state index in [0.717, 1.165) is 0 Å². The van der Waals surface area contributed by atoms with Gasteiger partial charge < -0.3 is 54.0 Å². The van der Waals surface area contributed by atoms with Gasteiger partial charge in [0.05, 0.1) is 26.1 Å². The molecule has 0 radical (unpaired) electrons. The van der Waals surface area contributed by atoms with E-state index < -0.39 is 71.4 Å². The molecule has 0 spiro atoms. The topological polar surface area (TPSA) is 236 Å². The number of aliphatic hydroxyl groups is 1. The zero-order valence-corrected chi connectivity index (χ0v) is 25.1. The number of hydrogen-bond donors (Lipinski definition) is 5. The summed E-state index contributed by atoms with van der Waals surface area (Å²) in [6, 6.07) is 1.45. The predicted octanol–water partition coefficient (Wildman–Crippen LogP) is -0.705. The van der Waals surface area contributed by atoms with Crippen molar-refractivity contribution >= 4 is 51.7 Å². The van der Waals surface area contributed by atoms with Crippen LogP contribution in [-0.4, -0.2) is 104 Å². The summed E-state index contributed by atoms with van der Waals surface area (Å²) in [4.78, 5) is 38.7. The fraction of sp³-hybridized carbons (Fsp3) is 0.571. The second kappa shape index (κ2) is 13.3. The maximum atomic E-state index is 12.4. The van der Waals surface area contributed by atoms with Gasteiger partial charge in [-0.3, -0.25) is 9.13 Å². The minimum atomic E-state index is -2.15. The van der Waals surface area contributed by atoms with Crippen molar-refractivity contribution in [2.45, 2.75) is 42.5 Å². The van der Waals surface area contributed by atoms with Gasteiger partial charge in [0.25, 0.3) is 0 Å². The summed E-state index contributed by atoms with van der Waals surface area (Å²) >= 11 is 4.04. The van der Waals surface area contributed by atoms with Crippen molar-refractivity contribution in [2.75, 3.05) is 45.5 Å². The molecule has 9 atom stereocenters. The molecule has 2 aliphatic heterocycles. The lowest BCUT2D eigenvalue weighted by Gasteiger charge is -2.35. The summed E-state index contributed by atoms with van der Waals surface area (Å²) in [5.74, 6) is 0.244. The van der Waals surface area contributed by atoms with Crippen LogP contribution in [0.25, 0.3) is 11.2 Å². The van der Waals surface area contributed by atoms with Crippen LogP contribution in [0.3, 0.4) is 0 Å². The van der Waals surface area contributed by atoms with E-state index in [0.29, 0.717) is 11.2 Å². The SMILES string of the molecule is COC1C(OPOCC2OCC(OC)(n3cnc4c(N)ncnc43)C2OP(O)S)C(CO)OC1n1ccc(N)nc1=O. The van der Waals surface area contributed by atoms with Crippen LogP contribution in [0, 0.1) is 0 Å². The van der Waals surface area contributed by atoms with Crippen molar-refractivity contribution in [1.29, 1.82) is 0 Å². The number of nitrogens with two attached hydrogens (primary N) is 2. The summed E-state index contributed by atoms with van der Waals surface area (Å²) in [5, 5.41) is 9.92. The molecule has 18 nitrogen and oxygen atoms in total. The number of rotatable bonds is 12. The zero-order valence-electron chi connectivity index (χ0n) is 22.3. The Bertz CT molecular complexity index is 1440. The second-order valence-electron chi connectivity index (χ2n) is 9.19. The first kappa shape index (κ1) is 31.3. The fourth-order valence-electron chi connectivity index (χ4n) is 4.98. The van der Waals surface area contributed by atoms with E-state index in [9.17, 15) is 14.8 Å². The monoisotopic (exact) mass is 648 g/mol. The molecule has 0 saturated carbocycles. The van der Waals surface area contributed by atoms with Gasteiger partial charge in [-0.1, -0.05) is 12.2 Å². The van der Waals surface area contributed by atoms with Crippen LogP contribution in [0.5, 0.6) is 0 Å². The Kier molecular flexibility index (Phi) is 9.88. The molecule has 5 heterocycles. The zero-order chi connectivity index (χ0) is 30.0. The van der Waals surface area contributed by atoms with Crippen LogP contribution in [0.2, 0.25) is 0 Å². The number of nitrogen functional groups attached to an aromatic ring is 2. The third-order valence-electron chi connectivity index (χ3n) is 6.97. The largest absolute Gasteiger partial charge is 0.394 e. The molecule has 2 aliphatic rings. The Balaban J connectivity index is 1.28. The van der Waals surface area contributed by atoms with Gasteiger partial charge in [-0.15, -0.1) is 0 Å². The molecule has 9 unspecified atom stereocenters. The van der Waals surface area contributed by atoms with Gasteiger partial charge in [0.2, 0.25) is 7.58 Å². The molecule has 0 amide bonds. The third kappa shape index (κ3) is 5.85. The van der Waals surface area contributed by atoms with Gasteiger partial charge in [0.15, 0.2) is 32.5 Å². The van der Waals surface area contributed by atoms with Crippen LogP contribution >= 0.6 is 28.9 Å². The lowest BCUT2D eigenvalue weighted by atomic mass is 10.1. The molecule has 0 aromatic carbocycles. The highest BCUT2D eigenvalue weighted by Crippen LogP contribution is 2.47. The molecule has 2 fully saturated rings. The number of ether oxygens (including phenoxy) is 4.